The number of hydrogen-bond donors (Lipinski definition) is 2. The molecule has 0 radical (unpaired) electrons. The van der Waals surface area contributed by atoms with Crippen LogP contribution >= 0.6 is 11.6 Å². The zero-order valence-electron chi connectivity index (χ0n) is 8.01. The quantitative estimate of drug-likeness (QED) is 0.756. The van der Waals surface area contributed by atoms with Gasteiger partial charge in [0.15, 0.2) is 11.0 Å². The fraction of sp³-hybridized carbons (Fsp3) is 0.125. The number of nitrogens with zero attached hydrogens (tertiary/aromatic N) is 4. The standard InChI is InChI=1S/C8H7ClN6O/c9-8-5(2-1-3-10-8)11-7(16)4-6-12-14-15-13-6/h1-3H,4H2,(H,11,16)(H,12,13,14,15). The number of aromatic nitrogens is 5. The van der Waals surface area contributed by atoms with Gasteiger partial charge in [-0.05, 0) is 12.1 Å². The number of nitrogens with one attached hydrogen (secondary N) is 2. The van der Waals surface area contributed by atoms with Crippen molar-refractivity contribution < 1.29 is 4.79 Å². The van der Waals surface area contributed by atoms with Gasteiger partial charge in [-0.15, -0.1) is 10.2 Å². The summed E-state index contributed by atoms with van der Waals surface area (Å²) in [7, 11) is 0. The Hall–Kier alpha value is -2.02. The molecular formula is C8H7ClN6O. The maximum Gasteiger partial charge on any atom is 0.232 e. The van der Waals surface area contributed by atoms with E-state index < -0.39 is 0 Å². The second kappa shape index (κ2) is 4.67. The smallest absolute Gasteiger partial charge is 0.232 e. The first-order valence-electron chi connectivity index (χ1n) is 4.38. The van der Waals surface area contributed by atoms with E-state index in [4.69, 9.17) is 11.6 Å². The van der Waals surface area contributed by atoms with Crippen LogP contribution in [0.4, 0.5) is 5.69 Å². The molecule has 0 atom stereocenters. The molecule has 0 bridgehead atoms. The average molecular weight is 239 g/mol. The van der Waals surface area contributed by atoms with Crippen LogP contribution in [-0.2, 0) is 11.2 Å². The summed E-state index contributed by atoms with van der Waals surface area (Å²) in [5.74, 6) is 0.0359. The lowest BCUT2D eigenvalue weighted by Gasteiger charge is -2.03. The monoisotopic (exact) mass is 238 g/mol. The third-order valence-corrected chi connectivity index (χ3v) is 2.04. The van der Waals surface area contributed by atoms with Crippen molar-refractivity contribution in [2.75, 3.05) is 5.32 Å². The molecule has 0 fully saturated rings. The van der Waals surface area contributed by atoms with Gasteiger partial charge in [0.25, 0.3) is 0 Å². The van der Waals surface area contributed by atoms with E-state index in [0.29, 0.717) is 11.5 Å². The van der Waals surface area contributed by atoms with E-state index in [1.807, 2.05) is 0 Å². The molecule has 0 spiro atoms. The fourth-order valence-corrected chi connectivity index (χ4v) is 1.24. The number of rotatable bonds is 3. The van der Waals surface area contributed by atoms with Crippen LogP contribution in [0.1, 0.15) is 5.82 Å². The van der Waals surface area contributed by atoms with E-state index in [1.54, 1.807) is 12.1 Å². The van der Waals surface area contributed by atoms with Crippen molar-refractivity contribution in [3.63, 3.8) is 0 Å². The van der Waals surface area contributed by atoms with Gasteiger partial charge in [-0.25, -0.2) is 4.98 Å². The average Bonchev–Trinajstić information content (AvgIpc) is 2.74. The zero-order valence-corrected chi connectivity index (χ0v) is 8.77. The Bertz CT molecular complexity index is 485. The van der Waals surface area contributed by atoms with Crippen molar-refractivity contribution in [3.05, 3.63) is 29.3 Å². The van der Waals surface area contributed by atoms with Gasteiger partial charge in [-0.2, -0.15) is 5.21 Å². The van der Waals surface area contributed by atoms with Crippen LogP contribution < -0.4 is 5.32 Å². The maximum absolute atomic E-state index is 11.5. The summed E-state index contributed by atoms with van der Waals surface area (Å²) in [6.07, 6.45) is 1.57. The van der Waals surface area contributed by atoms with Crippen LogP contribution in [0.15, 0.2) is 18.3 Å². The summed E-state index contributed by atoms with van der Waals surface area (Å²) in [5.41, 5.74) is 0.456. The Balaban J connectivity index is 2.00. The summed E-state index contributed by atoms with van der Waals surface area (Å²) in [4.78, 5) is 15.3. The number of carbonyl (C=O) groups is 1. The van der Waals surface area contributed by atoms with Gasteiger partial charge in [0, 0.05) is 6.20 Å². The second-order valence-electron chi connectivity index (χ2n) is 2.89. The van der Waals surface area contributed by atoms with Gasteiger partial charge in [-0.3, -0.25) is 4.79 Å². The van der Waals surface area contributed by atoms with E-state index in [0.717, 1.165) is 0 Å². The van der Waals surface area contributed by atoms with Crippen molar-refractivity contribution in [2.24, 2.45) is 0 Å². The van der Waals surface area contributed by atoms with E-state index >= 15 is 0 Å². The molecule has 82 valence electrons. The SMILES string of the molecule is O=C(Cc1nn[nH]n1)Nc1cccnc1Cl. The topological polar surface area (TPSA) is 96.5 Å². The molecule has 0 aliphatic heterocycles. The van der Waals surface area contributed by atoms with Crippen LogP contribution in [0.25, 0.3) is 0 Å². The van der Waals surface area contributed by atoms with Gasteiger partial charge >= 0.3 is 0 Å². The minimum absolute atomic E-state index is 0.0295. The van der Waals surface area contributed by atoms with Crippen LogP contribution in [0.5, 0.6) is 0 Å². The molecule has 16 heavy (non-hydrogen) atoms. The second-order valence-corrected chi connectivity index (χ2v) is 3.25. The highest BCUT2D eigenvalue weighted by atomic mass is 35.5. The van der Waals surface area contributed by atoms with E-state index in [-0.39, 0.29) is 17.5 Å². The molecule has 2 N–H and O–H groups in total. The Morgan fingerprint density at radius 2 is 2.44 bits per heavy atom. The highest BCUT2D eigenvalue weighted by Crippen LogP contribution is 2.17. The molecule has 0 saturated heterocycles. The number of carbonyl (C=O) groups excluding carboxylic acids is 1. The third-order valence-electron chi connectivity index (χ3n) is 1.74. The number of hydrogen-bond acceptors (Lipinski definition) is 5. The van der Waals surface area contributed by atoms with Gasteiger partial charge in [0.2, 0.25) is 5.91 Å². The first-order valence-corrected chi connectivity index (χ1v) is 4.76. The maximum atomic E-state index is 11.5. The van der Waals surface area contributed by atoms with Crippen molar-refractivity contribution in [1.82, 2.24) is 25.6 Å². The number of anilines is 1. The van der Waals surface area contributed by atoms with E-state index in [9.17, 15) is 4.79 Å². The molecule has 2 aromatic heterocycles. The number of amides is 1. The minimum atomic E-state index is -0.281. The lowest BCUT2D eigenvalue weighted by atomic mass is 10.3. The van der Waals surface area contributed by atoms with Crippen molar-refractivity contribution in [3.8, 4) is 0 Å². The number of tetrazole rings is 1. The summed E-state index contributed by atoms with van der Waals surface area (Å²) in [6, 6.07) is 3.33. The van der Waals surface area contributed by atoms with E-state index in [1.165, 1.54) is 6.20 Å². The van der Waals surface area contributed by atoms with Crippen LogP contribution in [-0.4, -0.2) is 31.5 Å². The normalized spacial score (nSPS) is 10.1. The Morgan fingerprint density at radius 1 is 1.56 bits per heavy atom. The van der Waals surface area contributed by atoms with Crippen LogP contribution in [0, 0.1) is 0 Å². The Labute approximate surface area is 95.2 Å². The summed E-state index contributed by atoms with van der Waals surface area (Å²) in [6.45, 7) is 0. The molecule has 0 saturated carbocycles. The molecule has 0 aliphatic rings. The van der Waals surface area contributed by atoms with Gasteiger partial charge in [0.05, 0.1) is 12.1 Å². The van der Waals surface area contributed by atoms with Crippen LogP contribution in [0.3, 0.4) is 0 Å². The molecule has 2 aromatic rings. The Kier molecular flexibility index (Phi) is 3.06. The Morgan fingerprint density at radius 3 is 3.12 bits per heavy atom. The third kappa shape index (κ3) is 2.51. The predicted molar refractivity (Wildman–Crippen MR) is 55.8 cm³/mol. The van der Waals surface area contributed by atoms with Crippen molar-refractivity contribution >= 4 is 23.2 Å². The summed E-state index contributed by atoms with van der Waals surface area (Å²) in [5, 5.41) is 15.8. The van der Waals surface area contributed by atoms with Crippen LogP contribution in [0.2, 0.25) is 5.15 Å². The highest BCUT2D eigenvalue weighted by molar-refractivity contribution is 6.32. The molecule has 2 heterocycles. The van der Waals surface area contributed by atoms with Gasteiger partial charge in [0.1, 0.15) is 0 Å². The molecular weight excluding hydrogens is 232 g/mol. The van der Waals surface area contributed by atoms with Crippen molar-refractivity contribution in [1.29, 1.82) is 0 Å². The van der Waals surface area contributed by atoms with E-state index in [2.05, 4.69) is 30.9 Å². The first kappa shape index (κ1) is 10.5. The minimum Gasteiger partial charge on any atom is -0.323 e. The number of aromatic amines is 1. The largest absolute Gasteiger partial charge is 0.323 e. The number of pyridine rings is 1. The zero-order chi connectivity index (χ0) is 11.4. The lowest BCUT2D eigenvalue weighted by molar-refractivity contribution is -0.115. The van der Waals surface area contributed by atoms with Gasteiger partial charge < -0.3 is 5.32 Å². The lowest BCUT2D eigenvalue weighted by Crippen LogP contribution is -2.15. The highest BCUT2D eigenvalue weighted by Gasteiger charge is 2.09. The summed E-state index contributed by atoms with van der Waals surface area (Å²) >= 11 is 5.77. The number of H-pyrrole nitrogens is 1. The molecule has 2 rings (SSSR count). The first-order chi connectivity index (χ1) is 7.75. The molecule has 0 aromatic carbocycles. The molecule has 1 amide bonds. The van der Waals surface area contributed by atoms with Crippen molar-refractivity contribution in [2.45, 2.75) is 6.42 Å². The molecule has 7 nitrogen and oxygen atoms in total. The summed E-state index contributed by atoms with van der Waals surface area (Å²) < 4.78 is 0. The fourth-order valence-electron chi connectivity index (χ4n) is 1.07. The number of halogens is 1. The molecule has 0 aliphatic carbocycles. The molecule has 8 heteroatoms. The predicted octanol–water partition coefficient (Wildman–Crippen LogP) is 0.429. The van der Waals surface area contributed by atoms with Gasteiger partial charge in [-0.1, -0.05) is 16.8 Å². The molecule has 0 unspecified atom stereocenters.